The molecular weight excluding hydrogens is 202 g/mol. The predicted octanol–water partition coefficient (Wildman–Crippen LogP) is 2.30. The van der Waals surface area contributed by atoms with E-state index in [2.05, 4.69) is 13.8 Å². The number of carbonyl (C=O) groups excluding carboxylic acids is 1. The van der Waals surface area contributed by atoms with Gasteiger partial charge in [0.1, 0.15) is 0 Å². The molecule has 0 aromatic carbocycles. The van der Waals surface area contributed by atoms with Gasteiger partial charge < -0.3 is 9.64 Å². The second-order valence-corrected chi connectivity index (χ2v) is 5.08. The van der Waals surface area contributed by atoms with Crippen molar-refractivity contribution in [3.63, 3.8) is 0 Å². The molecule has 1 amide bonds. The van der Waals surface area contributed by atoms with E-state index in [4.69, 9.17) is 4.74 Å². The lowest BCUT2D eigenvalue weighted by molar-refractivity contribution is -0.139. The van der Waals surface area contributed by atoms with Gasteiger partial charge in [0, 0.05) is 19.7 Å². The molecule has 1 saturated heterocycles. The Labute approximate surface area is 99.1 Å². The normalized spacial score (nSPS) is 29.2. The zero-order chi connectivity index (χ0) is 12.3. The summed E-state index contributed by atoms with van der Waals surface area (Å²) in [6, 6.07) is 0.393. The molecule has 94 valence electrons. The highest BCUT2D eigenvalue weighted by Crippen LogP contribution is 2.27. The van der Waals surface area contributed by atoms with Crippen LogP contribution in [0, 0.1) is 11.8 Å². The summed E-state index contributed by atoms with van der Waals surface area (Å²) in [6.07, 6.45) is 2.32. The molecule has 1 aliphatic rings. The van der Waals surface area contributed by atoms with Crippen LogP contribution in [-0.2, 0) is 9.53 Å². The fourth-order valence-electron chi connectivity index (χ4n) is 2.41. The molecule has 0 aromatic rings. The Kier molecular flexibility index (Phi) is 4.78. The minimum absolute atomic E-state index is 0.000349. The number of hydrogen-bond donors (Lipinski definition) is 0. The fourth-order valence-corrected chi connectivity index (χ4v) is 2.41. The Morgan fingerprint density at radius 2 is 2.12 bits per heavy atom. The van der Waals surface area contributed by atoms with Crippen LogP contribution in [0.2, 0.25) is 0 Å². The highest BCUT2D eigenvalue weighted by molar-refractivity contribution is 5.79. The van der Waals surface area contributed by atoms with E-state index in [1.54, 1.807) is 7.11 Å². The van der Waals surface area contributed by atoms with Crippen molar-refractivity contribution >= 4 is 5.91 Å². The number of ether oxygens (including phenoxy) is 1. The monoisotopic (exact) mass is 227 g/mol. The Morgan fingerprint density at radius 3 is 2.56 bits per heavy atom. The van der Waals surface area contributed by atoms with Gasteiger partial charge in [0.25, 0.3) is 0 Å². The number of rotatable bonds is 4. The van der Waals surface area contributed by atoms with E-state index in [0.29, 0.717) is 12.0 Å². The van der Waals surface area contributed by atoms with Crippen LogP contribution in [0.25, 0.3) is 0 Å². The zero-order valence-corrected chi connectivity index (χ0v) is 11.2. The first kappa shape index (κ1) is 13.5. The van der Waals surface area contributed by atoms with Crippen LogP contribution >= 0.6 is 0 Å². The molecule has 3 heteroatoms. The van der Waals surface area contributed by atoms with Crippen molar-refractivity contribution < 1.29 is 9.53 Å². The summed E-state index contributed by atoms with van der Waals surface area (Å²) in [5.41, 5.74) is 0. The fraction of sp³-hybridized carbons (Fsp3) is 0.923. The molecule has 0 bridgehead atoms. The first-order valence-electron chi connectivity index (χ1n) is 6.34. The molecular formula is C13H25NO2. The van der Waals surface area contributed by atoms with Crippen molar-refractivity contribution in [2.45, 2.75) is 52.7 Å². The van der Waals surface area contributed by atoms with Crippen molar-refractivity contribution in [2.75, 3.05) is 13.7 Å². The van der Waals surface area contributed by atoms with Crippen molar-refractivity contribution in [1.82, 2.24) is 4.90 Å². The first-order chi connectivity index (χ1) is 7.51. The Hall–Kier alpha value is -0.570. The third kappa shape index (κ3) is 2.76. The van der Waals surface area contributed by atoms with Gasteiger partial charge in [0.05, 0.1) is 12.0 Å². The van der Waals surface area contributed by atoms with Crippen molar-refractivity contribution in [3.8, 4) is 0 Å². The topological polar surface area (TPSA) is 29.5 Å². The molecule has 0 spiro atoms. The maximum absolute atomic E-state index is 12.3. The zero-order valence-electron chi connectivity index (χ0n) is 11.2. The van der Waals surface area contributed by atoms with Gasteiger partial charge in [0.15, 0.2) is 0 Å². The standard InChI is InChI=1S/C13H25NO2/c1-6-12-7-9(2)14(8-12)13(15)10(3)11(4)16-5/h9-12H,6-8H2,1-5H3. The van der Waals surface area contributed by atoms with Crippen molar-refractivity contribution in [2.24, 2.45) is 11.8 Å². The SMILES string of the molecule is CCC1CC(C)N(C(=O)C(C)C(C)OC)C1. The van der Waals surface area contributed by atoms with Crippen LogP contribution < -0.4 is 0 Å². The third-order valence-electron chi connectivity index (χ3n) is 3.99. The second kappa shape index (κ2) is 5.67. The number of amides is 1. The molecule has 0 aliphatic carbocycles. The minimum atomic E-state index is -0.0388. The third-order valence-corrected chi connectivity index (χ3v) is 3.99. The molecule has 1 aliphatic heterocycles. The molecule has 3 nitrogen and oxygen atoms in total. The molecule has 1 fully saturated rings. The van der Waals surface area contributed by atoms with E-state index in [1.807, 2.05) is 18.7 Å². The van der Waals surface area contributed by atoms with Crippen LogP contribution in [0.3, 0.4) is 0 Å². The average molecular weight is 227 g/mol. The Morgan fingerprint density at radius 1 is 1.50 bits per heavy atom. The van der Waals surface area contributed by atoms with E-state index in [0.717, 1.165) is 13.0 Å². The summed E-state index contributed by atoms with van der Waals surface area (Å²) in [6.45, 7) is 9.20. The predicted molar refractivity (Wildman–Crippen MR) is 65.2 cm³/mol. The van der Waals surface area contributed by atoms with Crippen molar-refractivity contribution in [1.29, 1.82) is 0 Å². The van der Waals surface area contributed by atoms with E-state index in [1.165, 1.54) is 6.42 Å². The highest BCUT2D eigenvalue weighted by Gasteiger charge is 2.34. The first-order valence-corrected chi connectivity index (χ1v) is 6.34. The summed E-state index contributed by atoms with van der Waals surface area (Å²) < 4.78 is 5.23. The van der Waals surface area contributed by atoms with Gasteiger partial charge in [-0.05, 0) is 26.2 Å². The van der Waals surface area contributed by atoms with Crippen LogP contribution in [0.5, 0.6) is 0 Å². The summed E-state index contributed by atoms with van der Waals surface area (Å²) in [7, 11) is 1.66. The lowest BCUT2D eigenvalue weighted by atomic mass is 10.0. The number of hydrogen-bond acceptors (Lipinski definition) is 2. The smallest absolute Gasteiger partial charge is 0.228 e. The van der Waals surface area contributed by atoms with Gasteiger partial charge >= 0.3 is 0 Å². The van der Waals surface area contributed by atoms with Crippen LogP contribution in [0.1, 0.15) is 40.5 Å². The molecule has 4 atom stereocenters. The van der Waals surface area contributed by atoms with E-state index >= 15 is 0 Å². The summed E-state index contributed by atoms with van der Waals surface area (Å²) in [5.74, 6) is 0.893. The van der Waals surface area contributed by atoms with E-state index in [9.17, 15) is 4.79 Å². The Bertz CT molecular complexity index is 242. The maximum atomic E-state index is 12.3. The number of nitrogens with zero attached hydrogens (tertiary/aromatic N) is 1. The maximum Gasteiger partial charge on any atom is 0.228 e. The van der Waals surface area contributed by atoms with Gasteiger partial charge in [-0.3, -0.25) is 4.79 Å². The summed E-state index contributed by atoms with van der Waals surface area (Å²) in [5, 5.41) is 0. The van der Waals surface area contributed by atoms with Crippen LogP contribution in [-0.4, -0.2) is 36.6 Å². The quantitative estimate of drug-likeness (QED) is 0.737. The van der Waals surface area contributed by atoms with E-state index in [-0.39, 0.29) is 17.9 Å². The lowest BCUT2D eigenvalue weighted by Gasteiger charge is -2.27. The second-order valence-electron chi connectivity index (χ2n) is 5.08. The van der Waals surface area contributed by atoms with Gasteiger partial charge in [-0.15, -0.1) is 0 Å². The van der Waals surface area contributed by atoms with Crippen molar-refractivity contribution in [3.05, 3.63) is 0 Å². The molecule has 4 unspecified atom stereocenters. The lowest BCUT2D eigenvalue weighted by Crippen LogP contribution is -2.41. The molecule has 0 radical (unpaired) electrons. The molecule has 0 saturated carbocycles. The largest absolute Gasteiger partial charge is 0.381 e. The van der Waals surface area contributed by atoms with Gasteiger partial charge in [-0.1, -0.05) is 20.3 Å². The Balaban J connectivity index is 2.60. The minimum Gasteiger partial charge on any atom is -0.381 e. The number of likely N-dealkylation sites (tertiary alicyclic amines) is 1. The van der Waals surface area contributed by atoms with E-state index < -0.39 is 0 Å². The number of carbonyl (C=O) groups is 1. The summed E-state index contributed by atoms with van der Waals surface area (Å²) >= 11 is 0. The molecule has 1 rings (SSSR count). The molecule has 0 N–H and O–H groups in total. The molecule has 0 aromatic heterocycles. The highest BCUT2D eigenvalue weighted by atomic mass is 16.5. The van der Waals surface area contributed by atoms with Crippen LogP contribution in [0.15, 0.2) is 0 Å². The average Bonchev–Trinajstić information content (AvgIpc) is 2.67. The van der Waals surface area contributed by atoms with Gasteiger partial charge in [0.2, 0.25) is 5.91 Å². The number of methoxy groups -OCH3 is 1. The van der Waals surface area contributed by atoms with Gasteiger partial charge in [-0.2, -0.15) is 0 Å². The van der Waals surface area contributed by atoms with Crippen LogP contribution in [0.4, 0.5) is 0 Å². The molecule has 1 heterocycles. The summed E-state index contributed by atoms with van der Waals surface area (Å²) in [4.78, 5) is 14.3. The van der Waals surface area contributed by atoms with Gasteiger partial charge in [-0.25, -0.2) is 0 Å². The molecule has 16 heavy (non-hydrogen) atoms.